The van der Waals surface area contributed by atoms with Gasteiger partial charge < -0.3 is 0 Å². The molecule has 1 aromatic rings. The van der Waals surface area contributed by atoms with Gasteiger partial charge in [-0.1, -0.05) is 0 Å². The maximum atomic E-state index is 11.5. The van der Waals surface area contributed by atoms with Gasteiger partial charge >= 0.3 is 5.69 Å². The highest BCUT2D eigenvalue weighted by Gasteiger charge is 2.24. The van der Waals surface area contributed by atoms with Crippen LogP contribution in [0.15, 0.2) is 14.1 Å². The lowest BCUT2D eigenvalue weighted by Gasteiger charge is -2.28. The van der Waals surface area contributed by atoms with Crippen LogP contribution in [0.1, 0.15) is 11.7 Å². The number of hydrogen-bond acceptors (Lipinski definition) is 3. The fourth-order valence-corrected chi connectivity index (χ4v) is 2.48. The zero-order chi connectivity index (χ0) is 10.3. The van der Waals surface area contributed by atoms with E-state index in [1.807, 2.05) is 0 Å². The molecule has 14 heavy (non-hydrogen) atoms. The second-order valence-electron chi connectivity index (χ2n) is 3.22. The van der Waals surface area contributed by atoms with E-state index in [1.54, 1.807) is 23.3 Å². The topological polar surface area (TPSA) is 54.9 Å². The highest BCUT2D eigenvalue weighted by molar-refractivity contribution is 9.10. The quantitative estimate of drug-likeness (QED) is 0.829. The van der Waals surface area contributed by atoms with Gasteiger partial charge in [-0.05, 0) is 22.9 Å². The summed E-state index contributed by atoms with van der Waals surface area (Å²) in [6.45, 7) is 1.78. The molecule has 0 aliphatic carbocycles. The lowest BCUT2D eigenvalue weighted by atomic mass is 10.3. The number of rotatable bonds is 1. The van der Waals surface area contributed by atoms with Crippen LogP contribution in [-0.4, -0.2) is 21.1 Å². The van der Waals surface area contributed by atoms with Crippen LogP contribution < -0.4 is 11.2 Å². The summed E-state index contributed by atoms with van der Waals surface area (Å²) in [4.78, 5) is 25.0. The number of hydrogen-bond donors (Lipinski definition) is 1. The van der Waals surface area contributed by atoms with Crippen LogP contribution in [0.5, 0.6) is 0 Å². The monoisotopic (exact) mass is 276 g/mol. The average molecular weight is 277 g/mol. The van der Waals surface area contributed by atoms with Gasteiger partial charge in [0.15, 0.2) is 0 Å². The normalized spacial score (nSPS) is 16.7. The Morgan fingerprint density at radius 3 is 2.64 bits per heavy atom. The van der Waals surface area contributed by atoms with Crippen LogP contribution in [-0.2, 0) is 0 Å². The Balaban J connectivity index is 2.64. The van der Waals surface area contributed by atoms with Crippen LogP contribution in [0.25, 0.3) is 0 Å². The van der Waals surface area contributed by atoms with E-state index >= 15 is 0 Å². The predicted molar refractivity (Wildman–Crippen MR) is 60.1 cm³/mol. The van der Waals surface area contributed by atoms with Crippen molar-refractivity contribution in [3.05, 3.63) is 31.0 Å². The summed E-state index contributed by atoms with van der Waals surface area (Å²) in [6, 6.07) is 0.237. The van der Waals surface area contributed by atoms with E-state index in [1.165, 1.54) is 0 Å². The Morgan fingerprint density at radius 1 is 1.50 bits per heavy atom. The van der Waals surface area contributed by atoms with E-state index < -0.39 is 0 Å². The third-order valence-corrected chi connectivity index (χ3v) is 4.48. The van der Waals surface area contributed by atoms with E-state index in [0.29, 0.717) is 10.2 Å². The summed E-state index contributed by atoms with van der Waals surface area (Å²) in [5.41, 5.74) is 0.0563. The van der Waals surface area contributed by atoms with Crippen LogP contribution in [0.3, 0.4) is 0 Å². The molecule has 0 amide bonds. The molecule has 4 nitrogen and oxygen atoms in total. The molecule has 0 bridgehead atoms. The van der Waals surface area contributed by atoms with Crippen LogP contribution in [0, 0.1) is 6.92 Å². The van der Waals surface area contributed by atoms with Crippen molar-refractivity contribution in [1.82, 2.24) is 9.55 Å². The number of nitrogens with one attached hydrogen (secondary N) is 1. The van der Waals surface area contributed by atoms with E-state index in [4.69, 9.17) is 0 Å². The molecule has 0 radical (unpaired) electrons. The molecule has 1 fully saturated rings. The average Bonchev–Trinajstić information content (AvgIpc) is 2.05. The first kappa shape index (κ1) is 10.0. The summed E-state index contributed by atoms with van der Waals surface area (Å²) < 4.78 is 2.11. The Morgan fingerprint density at radius 2 is 2.14 bits per heavy atom. The minimum Gasteiger partial charge on any atom is -0.292 e. The van der Waals surface area contributed by atoms with Gasteiger partial charge in [0.2, 0.25) is 0 Å². The zero-order valence-corrected chi connectivity index (χ0v) is 9.94. The molecular weight excluding hydrogens is 268 g/mol. The van der Waals surface area contributed by atoms with Gasteiger partial charge in [0.1, 0.15) is 4.47 Å². The molecule has 76 valence electrons. The van der Waals surface area contributed by atoms with Crippen molar-refractivity contribution in [2.75, 3.05) is 11.5 Å². The minimum atomic E-state index is -0.351. The summed E-state index contributed by atoms with van der Waals surface area (Å²) in [7, 11) is 0. The van der Waals surface area contributed by atoms with Gasteiger partial charge in [-0.3, -0.25) is 14.3 Å². The number of halogens is 1. The van der Waals surface area contributed by atoms with Crippen molar-refractivity contribution in [2.24, 2.45) is 0 Å². The molecule has 1 saturated heterocycles. The second kappa shape index (κ2) is 3.58. The zero-order valence-electron chi connectivity index (χ0n) is 7.54. The molecule has 2 heterocycles. The van der Waals surface area contributed by atoms with Crippen molar-refractivity contribution in [3.8, 4) is 0 Å². The van der Waals surface area contributed by atoms with Crippen molar-refractivity contribution in [3.63, 3.8) is 0 Å². The highest BCUT2D eigenvalue weighted by Crippen LogP contribution is 2.29. The summed E-state index contributed by atoms with van der Waals surface area (Å²) >= 11 is 4.98. The number of H-pyrrole nitrogens is 1. The molecule has 0 aromatic carbocycles. The van der Waals surface area contributed by atoms with Gasteiger partial charge in [-0.25, -0.2) is 4.79 Å². The first-order valence-corrected chi connectivity index (χ1v) is 6.14. The third kappa shape index (κ3) is 1.46. The molecular formula is C8H9BrN2O2S. The third-order valence-electron chi connectivity index (χ3n) is 2.30. The van der Waals surface area contributed by atoms with Crippen molar-refractivity contribution in [2.45, 2.75) is 13.0 Å². The van der Waals surface area contributed by atoms with Crippen molar-refractivity contribution < 1.29 is 0 Å². The Bertz CT molecular complexity index is 475. The maximum Gasteiger partial charge on any atom is 0.328 e. The summed E-state index contributed by atoms with van der Waals surface area (Å²) in [5, 5.41) is 0. The largest absolute Gasteiger partial charge is 0.328 e. The van der Waals surface area contributed by atoms with Gasteiger partial charge in [0, 0.05) is 17.2 Å². The molecule has 0 spiro atoms. The Kier molecular flexibility index (Phi) is 2.57. The fourth-order valence-electron chi connectivity index (χ4n) is 1.45. The summed E-state index contributed by atoms with van der Waals surface area (Å²) in [5.74, 6) is 1.89. The van der Waals surface area contributed by atoms with Crippen molar-refractivity contribution >= 4 is 27.7 Å². The predicted octanol–water partition coefficient (Wildman–Crippen LogP) is 0.895. The van der Waals surface area contributed by atoms with Crippen LogP contribution in [0.2, 0.25) is 0 Å². The molecule has 2 rings (SSSR count). The van der Waals surface area contributed by atoms with Gasteiger partial charge in [-0.2, -0.15) is 11.8 Å². The first-order valence-electron chi connectivity index (χ1n) is 4.20. The number of nitrogens with zero attached hydrogens (tertiary/aromatic N) is 1. The van der Waals surface area contributed by atoms with E-state index in [9.17, 15) is 9.59 Å². The molecule has 0 unspecified atom stereocenters. The Labute approximate surface area is 92.8 Å². The van der Waals surface area contributed by atoms with Gasteiger partial charge in [0.05, 0.1) is 6.04 Å². The fraction of sp³-hybridized carbons (Fsp3) is 0.500. The first-order chi connectivity index (χ1) is 6.61. The lowest BCUT2D eigenvalue weighted by Crippen LogP contribution is -2.39. The molecule has 0 atom stereocenters. The molecule has 1 aromatic heterocycles. The molecule has 1 aliphatic heterocycles. The van der Waals surface area contributed by atoms with Gasteiger partial charge in [-0.15, -0.1) is 0 Å². The van der Waals surface area contributed by atoms with Gasteiger partial charge in [0.25, 0.3) is 5.56 Å². The molecule has 6 heteroatoms. The Hall–Kier alpha value is -0.490. The second-order valence-corrected chi connectivity index (χ2v) is 5.09. The molecule has 1 aliphatic rings. The van der Waals surface area contributed by atoms with E-state index in [0.717, 1.165) is 11.5 Å². The summed E-state index contributed by atoms with van der Waals surface area (Å²) in [6.07, 6.45) is 0. The van der Waals surface area contributed by atoms with Crippen LogP contribution >= 0.6 is 27.7 Å². The number of aromatic amines is 1. The standard InChI is InChI=1S/C8H9BrN2O2S/c1-4-6(9)7(12)10-8(13)11(4)5-2-14-3-5/h5H,2-3H2,1H3,(H,10,12,13). The number of thioether (sulfide) groups is 1. The molecule has 1 N–H and O–H groups in total. The van der Waals surface area contributed by atoms with E-state index in [2.05, 4.69) is 20.9 Å². The molecule has 0 saturated carbocycles. The van der Waals surface area contributed by atoms with E-state index in [-0.39, 0.29) is 17.3 Å². The SMILES string of the molecule is Cc1c(Br)c(=O)[nH]c(=O)n1C1CSC1. The highest BCUT2D eigenvalue weighted by atomic mass is 79.9. The minimum absolute atomic E-state index is 0.237. The maximum absolute atomic E-state index is 11.5. The van der Waals surface area contributed by atoms with Crippen LogP contribution in [0.4, 0.5) is 0 Å². The smallest absolute Gasteiger partial charge is 0.292 e. The van der Waals surface area contributed by atoms with Crippen molar-refractivity contribution in [1.29, 1.82) is 0 Å². The number of aromatic nitrogens is 2. The lowest BCUT2D eigenvalue weighted by molar-refractivity contribution is 0.537.